The van der Waals surface area contributed by atoms with Crippen LogP contribution in [-0.2, 0) is 9.59 Å². The van der Waals surface area contributed by atoms with Crippen LogP contribution in [0.15, 0.2) is 54.6 Å². The molecule has 27 heavy (non-hydrogen) atoms. The summed E-state index contributed by atoms with van der Waals surface area (Å²) in [5, 5.41) is 0. The van der Waals surface area contributed by atoms with Crippen molar-refractivity contribution in [2.45, 2.75) is 26.2 Å². The molecule has 2 aromatic rings. The number of ether oxygens (including phenoxy) is 1. The number of amides is 2. The minimum Gasteiger partial charge on any atom is -0.457 e. The van der Waals surface area contributed by atoms with E-state index in [9.17, 15) is 9.59 Å². The van der Waals surface area contributed by atoms with E-state index in [1.165, 1.54) is 0 Å². The zero-order valence-corrected chi connectivity index (χ0v) is 15.9. The van der Waals surface area contributed by atoms with Crippen LogP contribution in [0.5, 0.6) is 11.5 Å². The summed E-state index contributed by atoms with van der Waals surface area (Å²) in [7, 11) is 1.82. The van der Waals surface area contributed by atoms with Crippen LogP contribution in [0.4, 0.5) is 5.69 Å². The van der Waals surface area contributed by atoms with Crippen LogP contribution >= 0.6 is 0 Å². The van der Waals surface area contributed by atoms with Crippen molar-refractivity contribution in [3.63, 3.8) is 0 Å². The predicted octanol–water partition coefficient (Wildman–Crippen LogP) is 4.09. The molecule has 2 aromatic carbocycles. The second-order valence-electron chi connectivity index (χ2n) is 6.93. The minimum absolute atomic E-state index is 0.00558. The molecule has 2 amide bonds. The quantitative estimate of drug-likeness (QED) is 0.742. The average molecular weight is 366 g/mol. The number of hydrogen-bond acceptors (Lipinski definition) is 3. The summed E-state index contributed by atoms with van der Waals surface area (Å²) in [5.74, 6) is 1.27. The Balaban J connectivity index is 1.63. The third-order valence-corrected chi connectivity index (χ3v) is 4.82. The molecule has 0 radical (unpaired) electrons. The minimum atomic E-state index is -0.264. The number of unbranched alkanes of at least 4 members (excludes halogenated alkanes) is 1. The zero-order chi connectivity index (χ0) is 19.2. The predicted molar refractivity (Wildman–Crippen MR) is 106 cm³/mol. The van der Waals surface area contributed by atoms with E-state index < -0.39 is 0 Å². The molecule has 1 unspecified atom stereocenters. The maximum absolute atomic E-state index is 12.6. The third kappa shape index (κ3) is 4.67. The van der Waals surface area contributed by atoms with Crippen molar-refractivity contribution in [3.8, 4) is 11.5 Å². The first-order chi connectivity index (χ1) is 13.1. The van der Waals surface area contributed by atoms with E-state index in [4.69, 9.17) is 4.74 Å². The van der Waals surface area contributed by atoms with Crippen molar-refractivity contribution < 1.29 is 14.3 Å². The molecule has 0 aromatic heterocycles. The maximum atomic E-state index is 12.6. The van der Waals surface area contributed by atoms with Gasteiger partial charge in [-0.1, -0.05) is 31.5 Å². The highest BCUT2D eigenvalue weighted by atomic mass is 16.5. The molecular formula is C22H26N2O3. The zero-order valence-electron chi connectivity index (χ0n) is 15.9. The Morgan fingerprint density at radius 3 is 2.44 bits per heavy atom. The fourth-order valence-corrected chi connectivity index (χ4v) is 3.26. The lowest BCUT2D eigenvalue weighted by Gasteiger charge is -2.21. The van der Waals surface area contributed by atoms with Crippen molar-refractivity contribution in [2.24, 2.45) is 5.92 Å². The van der Waals surface area contributed by atoms with Gasteiger partial charge in [0.05, 0.1) is 5.92 Å². The normalized spacial score (nSPS) is 16.4. The summed E-state index contributed by atoms with van der Waals surface area (Å²) in [6, 6.07) is 17.0. The standard InChI is InChI=1S/C22H26N2O3/c1-3-4-14-23(2)22(26)17-15-21(25)24(16-17)18-10-12-20(13-11-18)27-19-8-6-5-7-9-19/h5-13,17H,3-4,14-16H2,1-2H3. The summed E-state index contributed by atoms with van der Waals surface area (Å²) in [4.78, 5) is 28.4. The van der Waals surface area contributed by atoms with Gasteiger partial charge in [0.2, 0.25) is 11.8 Å². The molecule has 0 aliphatic carbocycles. The van der Waals surface area contributed by atoms with E-state index in [1.54, 1.807) is 9.80 Å². The van der Waals surface area contributed by atoms with E-state index in [0.717, 1.165) is 30.8 Å². The van der Waals surface area contributed by atoms with Gasteiger partial charge in [-0.25, -0.2) is 0 Å². The fraction of sp³-hybridized carbons (Fsp3) is 0.364. The maximum Gasteiger partial charge on any atom is 0.227 e. The molecule has 1 atom stereocenters. The molecule has 5 nitrogen and oxygen atoms in total. The molecule has 1 aliphatic rings. The SMILES string of the molecule is CCCCN(C)C(=O)C1CC(=O)N(c2ccc(Oc3ccccc3)cc2)C1. The molecule has 1 fully saturated rings. The van der Waals surface area contributed by atoms with Crippen LogP contribution in [-0.4, -0.2) is 36.9 Å². The monoisotopic (exact) mass is 366 g/mol. The first-order valence-electron chi connectivity index (χ1n) is 9.46. The van der Waals surface area contributed by atoms with Crippen LogP contribution in [0.1, 0.15) is 26.2 Å². The molecule has 0 N–H and O–H groups in total. The van der Waals surface area contributed by atoms with Gasteiger partial charge in [0.1, 0.15) is 11.5 Å². The van der Waals surface area contributed by atoms with E-state index in [-0.39, 0.29) is 24.2 Å². The smallest absolute Gasteiger partial charge is 0.227 e. The Labute approximate surface area is 160 Å². The number of carbonyl (C=O) groups excluding carboxylic acids is 2. The Bertz CT molecular complexity index is 774. The summed E-state index contributed by atoms with van der Waals surface area (Å²) < 4.78 is 5.79. The molecule has 1 aliphatic heterocycles. The molecule has 5 heteroatoms. The molecule has 1 heterocycles. The molecular weight excluding hydrogens is 340 g/mol. The summed E-state index contributed by atoms with van der Waals surface area (Å²) in [6.07, 6.45) is 2.30. The lowest BCUT2D eigenvalue weighted by Crippen LogP contribution is -2.35. The molecule has 0 spiro atoms. The molecule has 0 saturated carbocycles. The number of nitrogens with zero attached hydrogens (tertiary/aromatic N) is 2. The number of carbonyl (C=O) groups is 2. The summed E-state index contributed by atoms with van der Waals surface area (Å²) >= 11 is 0. The number of rotatable bonds is 7. The van der Waals surface area contributed by atoms with E-state index in [0.29, 0.717) is 12.3 Å². The lowest BCUT2D eigenvalue weighted by atomic mass is 10.1. The Kier molecular flexibility index (Phi) is 6.12. The number of hydrogen-bond donors (Lipinski definition) is 0. The van der Waals surface area contributed by atoms with Crippen molar-refractivity contribution in [3.05, 3.63) is 54.6 Å². The Morgan fingerprint density at radius 2 is 1.78 bits per heavy atom. The van der Waals surface area contributed by atoms with Gasteiger partial charge < -0.3 is 14.5 Å². The fourth-order valence-electron chi connectivity index (χ4n) is 3.26. The van der Waals surface area contributed by atoms with Gasteiger partial charge in [-0.05, 0) is 42.8 Å². The molecule has 0 bridgehead atoms. The van der Waals surface area contributed by atoms with E-state index in [1.807, 2.05) is 61.6 Å². The van der Waals surface area contributed by atoms with Crippen LogP contribution in [0.25, 0.3) is 0 Å². The van der Waals surface area contributed by atoms with Crippen molar-refractivity contribution in [2.75, 3.05) is 25.0 Å². The van der Waals surface area contributed by atoms with Crippen LogP contribution < -0.4 is 9.64 Å². The van der Waals surface area contributed by atoms with E-state index >= 15 is 0 Å². The highest BCUT2D eigenvalue weighted by molar-refractivity contribution is 6.00. The average Bonchev–Trinajstić information content (AvgIpc) is 3.08. The summed E-state index contributed by atoms with van der Waals surface area (Å²) in [5.41, 5.74) is 0.798. The first-order valence-corrected chi connectivity index (χ1v) is 9.46. The second-order valence-corrected chi connectivity index (χ2v) is 6.93. The largest absolute Gasteiger partial charge is 0.457 e. The van der Waals surface area contributed by atoms with Gasteiger partial charge in [0, 0.05) is 32.2 Å². The highest BCUT2D eigenvalue weighted by Gasteiger charge is 2.36. The van der Waals surface area contributed by atoms with Crippen molar-refractivity contribution >= 4 is 17.5 Å². The lowest BCUT2D eigenvalue weighted by molar-refractivity contribution is -0.134. The van der Waals surface area contributed by atoms with Gasteiger partial charge in [-0.2, -0.15) is 0 Å². The van der Waals surface area contributed by atoms with Crippen LogP contribution in [0.2, 0.25) is 0 Å². The number of para-hydroxylation sites is 1. The Morgan fingerprint density at radius 1 is 1.11 bits per heavy atom. The molecule has 3 rings (SSSR count). The highest BCUT2D eigenvalue weighted by Crippen LogP contribution is 2.29. The third-order valence-electron chi connectivity index (χ3n) is 4.82. The van der Waals surface area contributed by atoms with Crippen molar-refractivity contribution in [1.29, 1.82) is 0 Å². The van der Waals surface area contributed by atoms with Gasteiger partial charge in [-0.3, -0.25) is 9.59 Å². The molecule has 142 valence electrons. The van der Waals surface area contributed by atoms with Gasteiger partial charge in [-0.15, -0.1) is 0 Å². The topological polar surface area (TPSA) is 49.9 Å². The van der Waals surface area contributed by atoms with E-state index in [2.05, 4.69) is 6.92 Å². The first kappa shape index (κ1) is 19.0. The van der Waals surface area contributed by atoms with Crippen LogP contribution in [0.3, 0.4) is 0 Å². The number of anilines is 1. The van der Waals surface area contributed by atoms with Crippen molar-refractivity contribution in [1.82, 2.24) is 4.90 Å². The van der Waals surface area contributed by atoms with Gasteiger partial charge in [0.15, 0.2) is 0 Å². The Hall–Kier alpha value is -2.82. The second kappa shape index (κ2) is 8.71. The van der Waals surface area contributed by atoms with Gasteiger partial charge >= 0.3 is 0 Å². The summed E-state index contributed by atoms with van der Waals surface area (Å²) in [6.45, 7) is 3.28. The van der Waals surface area contributed by atoms with Gasteiger partial charge in [0.25, 0.3) is 0 Å². The van der Waals surface area contributed by atoms with Crippen LogP contribution in [0, 0.1) is 5.92 Å². The molecule has 1 saturated heterocycles. The number of benzene rings is 2.